The number of ether oxygens (including phenoxy) is 1. The van der Waals surface area contributed by atoms with Crippen molar-refractivity contribution in [1.82, 2.24) is 9.80 Å². The van der Waals surface area contributed by atoms with Crippen LogP contribution in [0.4, 0.5) is 0 Å². The molecular weight excluding hydrogens is 340 g/mol. The van der Waals surface area contributed by atoms with Crippen LogP contribution >= 0.6 is 0 Å². The van der Waals surface area contributed by atoms with Gasteiger partial charge in [0.25, 0.3) is 0 Å². The van der Waals surface area contributed by atoms with Gasteiger partial charge in [-0.3, -0.25) is 9.69 Å². The maximum Gasteiger partial charge on any atom is 0.216 e. The van der Waals surface area contributed by atoms with Crippen molar-refractivity contribution in [1.29, 1.82) is 0 Å². The van der Waals surface area contributed by atoms with Gasteiger partial charge in [0, 0.05) is 26.7 Å². The molecule has 2 saturated heterocycles. The van der Waals surface area contributed by atoms with Gasteiger partial charge in [0.05, 0.1) is 6.61 Å². The van der Waals surface area contributed by atoms with Crippen LogP contribution in [0, 0.1) is 12.3 Å². The van der Waals surface area contributed by atoms with Crippen molar-refractivity contribution in [3.63, 3.8) is 0 Å². The molecule has 6 heteroatoms. The molecule has 2 fully saturated rings. The Morgan fingerprint density at radius 1 is 1.30 bits per heavy atom. The fraction of sp³-hybridized carbons (Fsp3) is 0.524. The van der Waals surface area contributed by atoms with E-state index >= 15 is 0 Å². The van der Waals surface area contributed by atoms with Gasteiger partial charge in [-0.25, -0.2) is 0 Å². The van der Waals surface area contributed by atoms with Crippen molar-refractivity contribution in [3.05, 3.63) is 41.2 Å². The summed E-state index contributed by atoms with van der Waals surface area (Å²) < 4.78 is 5.62. The fourth-order valence-electron chi connectivity index (χ4n) is 3.97. The number of hydrogen-bond acceptors (Lipinski definition) is 4. The van der Waals surface area contributed by atoms with E-state index in [1.54, 1.807) is 7.05 Å². The molecule has 2 aliphatic heterocycles. The molecule has 0 saturated carbocycles. The summed E-state index contributed by atoms with van der Waals surface area (Å²) in [5.74, 6) is 1.06. The number of carbonyl (C=O) groups excluding carboxylic acids is 1. The van der Waals surface area contributed by atoms with Gasteiger partial charge in [-0.15, -0.1) is 0 Å². The van der Waals surface area contributed by atoms with Crippen LogP contribution in [0.2, 0.25) is 0 Å². The molecule has 0 bridgehead atoms. The average Bonchev–Trinajstić information content (AvgIpc) is 3.14. The maximum atomic E-state index is 11.5. The molecule has 0 aliphatic carbocycles. The lowest BCUT2D eigenvalue weighted by Crippen LogP contribution is -2.48. The van der Waals surface area contributed by atoms with Crippen LogP contribution in [-0.2, 0) is 9.53 Å². The number of hydrogen-bond donors (Lipinski definition) is 1. The Morgan fingerprint density at radius 3 is 2.59 bits per heavy atom. The first kappa shape index (κ1) is 19.4. The summed E-state index contributed by atoms with van der Waals surface area (Å²) >= 11 is 0. The Hall–Kier alpha value is -2.34. The van der Waals surface area contributed by atoms with E-state index in [-0.39, 0.29) is 0 Å². The third kappa shape index (κ3) is 4.16. The summed E-state index contributed by atoms with van der Waals surface area (Å²) in [5, 5.41) is 0. The van der Waals surface area contributed by atoms with Crippen LogP contribution in [0.5, 0.6) is 0 Å². The summed E-state index contributed by atoms with van der Waals surface area (Å²) in [6.45, 7) is 7.46. The maximum absolute atomic E-state index is 11.5. The topological polar surface area (TPSA) is 71.2 Å². The third-order valence-corrected chi connectivity index (χ3v) is 5.92. The molecule has 1 spiro atoms. The van der Waals surface area contributed by atoms with Gasteiger partial charge in [0.1, 0.15) is 5.82 Å². The van der Waals surface area contributed by atoms with E-state index in [1.807, 2.05) is 25.1 Å². The molecule has 0 unspecified atom stereocenters. The lowest BCUT2D eigenvalue weighted by atomic mass is 9.78. The molecule has 2 aliphatic rings. The predicted molar refractivity (Wildman–Crippen MR) is 108 cm³/mol. The Balaban J connectivity index is 1.85. The van der Waals surface area contributed by atoms with E-state index in [0.717, 1.165) is 68.7 Å². The molecule has 146 valence electrons. The van der Waals surface area contributed by atoms with Crippen LogP contribution in [0.3, 0.4) is 0 Å². The Morgan fingerprint density at radius 2 is 2.00 bits per heavy atom. The van der Waals surface area contributed by atoms with Crippen LogP contribution in [0.15, 0.2) is 35.1 Å². The quantitative estimate of drug-likeness (QED) is 0.504. The van der Waals surface area contributed by atoms with E-state index < -0.39 is 0 Å². The zero-order valence-electron chi connectivity index (χ0n) is 16.6. The standard InChI is InChI=1S/C21H30N4O2/c1-16-6-4-5-7-18(16)17(2)19(22)23-20(24(3)15-26)25-11-8-21(9-12-25)10-13-27-14-21/h4-7,15H,8-14,22H2,1-3H3/b19-17+,23-20?. The molecule has 27 heavy (non-hydrogen) atoms. The third-order valence-electron chi connectivity index (χ3n) is 5.92. The smallest absolute Gasteiger partial charge is 0.216 e. The lowest BCUT2D eigenvalue weighted by Gasteiger charge is -2.40. The van der Waals surface area contributed by atoms with Gasteiger partial charge in [-0.2, -0.15) is 4.99 Å². The zero-order valence-corrected chi connectivity index (χ0v) is 16.6. The highest BCUT2D eigenvalue weighted by atomic mass is 16.5. The first-order valence-electron chi connectivity index (χ1n) is 9.58. The monoisotopic (exact) mass is 370 g/mol. The summed E-state index contributed by atoms with van der Waals surface area (Å²) in [6.07, 6.45) is 4.03. The number of piperidine rings is 1. The predicted octanol–water partition coefficient (Wildman–Crippen LogP) is 2.59. The number of benzene rings is 1. The summed E-state index contributed by atoms with van der Waals surface area (Å²) in [5.41, 5.74) is 9.79. The Kier molecular flexibility index (Phi) is 5.85. The van der Waals surface area contributed by atoms with Crippen LogP contribution < -0.4 is 5.73 Å². The van der Waals surface area contributed by atoms with Crippen molar-refractivity contribution in [2.24, 2.45) is 16.1 Å². The van der Waals surface area contributed by atoms with Gasteiger partial charge in [0.2, 0.25) is 12.4 Å². The molecule has 1 aromatic rings. The number of allylic oxidation sites excluding steroid dienone is 1. The van der Waals surface area contributed by atoms with E-state index in [9.17, 15) is 4.79 Å². The number of nitrogens with two attached hydrogens (primary N) is 1. The van der Waals surface area contributed by atoms with Crippen LogP contribution in [0.1, 0.15) is 37.3 Å². The van der Waals surface area contributed by atoms with E-state index in [2.05, 4.69) is 22.9 Å². The molecule has 2 N–H and O–H groups in total. The highest BCUT2D eigenvalue weighted by Crippen LogP contribution is 2.39. The number of aryl methyl sites for hydroxylation is 1. The van der Waals surface area contributed by atoms with Crippen molar-refractivity contribution in [2.45, 2.75) is 33.1 Å². The molecule has 0 aromatic heterocycles. The second-order valence-electron chi connectivity index (χ2n) is 7.74. The molecule has 3 rings (SSSR count). The minimum atomic E-state index is 0.305. The molecule has 6 nitrogen and oxygen atoms in total. The number of likely N-dealkylation sites (tertiary alicyclic amines) is 1. The number of amides is 1. The van der Waals surface area contributed by atoms with Gasteiger partial charge in [-0.05, 0) is 55.2 Å². The van der Waals surface area contributed by atoms with Gasteiger partial charge in [-0.1, -0.05) is 24.3 Å². The van der Waals surface area contributed by atoms with Crippen molar-refractivity contribution in [2.75, 3.05) is 33.4 Å². The van der Waals surface area contributed by atoms with Gasteiger partial charge >= 0.3 is 0 Å². The number of aliphatic imine (C=N–C) groups is 1. The minimum Gasteiger partial charge on any atom is -0.383 e. The first-order valence-corrected chi connectivity index (χ1v) is 9.58. The van der Waals surface area contributed by atoms with Crippen molar-refractivity contribution in [3.8, 4) is 0 Å². The molecule has 0 atom stereocenters. The minimum absolute atomic E-state index is 0.305. The largest absolute Gasteiger partial charge is 0.383 e. The SMILES string of the molecule is C/C(=C(/N)N=C(N(C)C=O)N1CCC2(CCOC2)CC1)c1ccccc1C. The summed E-state index contributed by atoms with van der Waals surface area (Å²) in [6, 6.07) is 8.10. The fourth-order valence-corrected chi connectivity index (χ4v) is 3.97. The second kappa shape index (κ2) is 8.13. The van der Waals surface area contributed by atoms with Crippen molar-refractivity contribution < 1.29 is 9.53 Å². The Bertz CT molecular complexity index is 740. The van der Waals surface area contributed by atoms with E-state index in [1.165, 1.54) is 4.90 Å². The molecule has 2 heterocycles. The lowest BCUT2D eigenvalue weighted by molar-refractivity contribution is -0.114. The van der Waals surface area contributed by atoms with Crippen LogP contribution in [-0.4, -0.2) is 55.5 Å². The highest BCUT2D eigenvalue weighted by molar-refractivity contribution is 5.90. The second-order valence-corrected chi connectivity index (χ2v) is 7.74. The molecular formula is C21H30N4O2. The first-order chi connectivity index (χ1) is 13.0. The molecule has 1 amide bonds. The van der Waals surface area contributed by atoms with Gasteiger partial charge < -0.3 is 15.4 Å². The molecule has 0 radical (unpaired) electrons. The number of nitrogens with zero attached hydrogens (tertiary/aromatic N) is 3. The molecule has 1 aromatic carbocycles. The normalized spacial score (nSPS) is 20.6. The number of guanidine groups is 1. The highest BCUT2D eigenvalue weighted by Gasteiger charge is 2.39. The van der Waals surface area contributed by atoms with Crippen LogP contribution in [0.25, 0.3) is 5.57 Å². The van der Waals surface area contributed by atoms with Crippen molar-refractivity contribution >= 4 is 17.9 Å². The summed E-state index contributed by atoms with van der Waals surface area (Å²) in [4.78, 5) is 19.8. The zero-order chi connectivity index (χ0) is 19.4. The van der Waals surface area contributed by atoms with Gasteiger partial charge in [0.15, 0.2) is 0 Å². The number of rotatable bonds is 3. The van der Waals surface area contributed by atoms with E-state index in [0.29, 0.717) is 17.2 Å². The van der Waals surface area contributed by atoms with E-state index in [4.69, 9.17) is 10.5 Å². The summed E-state index contributed by atoms with van der Waals surface area (Å²) in [7, 11) is 1.73. The number of carbonyl (C=O) groups is 1. The Labute approximate surface area is 161 Å². The average molecular weight is 370 g/mol.